The van der Waals surface area contributed by atoms with Crippen molar-refractivity contribution in [2.75, 3.05) is 6.61 Å². The molecule has 1 aliphatic heterocycles. The van der Waals surface area contributed by atoms with Crippen molar-refractivity contribution in [2.45, 2.75) is 31.8 Å². The number of hydrogen-bond donors (Lipinski definition) is 1. The van der Waals surface area contributed by atoms with Crippen molar-refractivity contribution in [2.24, 2.45) is 0 Å². The van der Waals surface area contributed by atoms with Gasteiger partial charge < -0.3 is 14.4 Å². The van der Waals surface area contributed by atoms with Crippen LogP contribution in [0.5, 0.6) is 5.75 Å². The Kier molecular flexibility index (Phi) is 3.29. The Morgan fingerprint density at radius 2 is 2.39 bits per heavy atom. The molecule has 0 spiro atoms. The molecule has 1 atom stereocenters. The van der Waals surface area contributed by atoms with Crippen LogP contribution >= 0.6 is 11.3 Å². The molecule has 2 aromatic rings. The van der Waals surface area contributed by atoms with E-state index in [0.717, 1.165) is 19.4 Å². The Morgan fingerprint density at radius 1 is 1.44 bits per heavy atom. The molecule has 1 aliphatic rings. The van der Waals surface area contributed by atoms with E-state index in [1.165, 1.54) is 17.8 Å². The standard InChI is InChI=1S/C12H14N2O3S/c15-9-4-6-18-11(9)12-13-10(14-17-12)7-8-3-1-2-5-16-8/h4,6,8,15H,1-3,5,7H2. The summed E-state index contributed by atoms with van der Waals surface area (Å²) in [6.07, 6.45) is 4.25. The maximum atomic E-state index is 9.59. The van der Waals surface area contributed by atoms with E-state index in [9.17, 15) is 5.11 Å². The largest absolute Gasteiger partial charge is 0.506 e. The fourth-order valence-corrected chi connectivity index (χ4v) is 2.77. The fourth-order valence-electron chi connectivity index (χ4n) is 2.06. The first kappa shape index (κ1) is 11.7. The molecular weight excluding hydrogens is 252 g/mol. The lowest BCUT2D eigenvalue weighted by Gasteiger charge is -2.20. The lowest BCUT2D eigenvalue weighted by Crippen LogP contribution is -2.21. The number of aromatic hydroxyl groups is 1. The minimum absolute atomic E-state index is 0.184. The molecule has 1 unspecified atom stereocenters. The number of hydrogen-bond acceptors (Lipinski definition) is 6. The van der Waals surface area contributed by atoms with Crippen LogP contribution < -0.4 is 0 Å². The zero-order chi connectivity index (χ0) is 12.4. The molecule has 0 amide bonds. The van der Waals surface area contributed by atoms with Crippen LogP contribution in [0.3, 0.4) is 0 Å². The third-order valence-electron chi connectivity index (χ3n) is 2.99. The van der Waals surface area contributed by atoms with Crippen molar-refractivity contribution in [1.29, 1.82) is 0 Å². The predicted molar refractivity (Wildman–Crippen MR) is 66.6 cm³/mol. The fraction of sp³-hybridized carbons (Fsp3) is 0.500. The molecule has 0 saturated carbocycles. The van der Waals surface area contributed by atoms with Crippen molar-refractivity contribution in [1.82, 2.24) is 10.1 Å². The summed E-state index contributed by atoms with van der Waals surface area (Å²) in [6.45, 7) is 0.821. The molecule has 3 rings (SSSR count). The minimum Gasteiger partial charge on any atom is -0.506 e. The number of thiophene rings is 1. The van der Waals surface area contributed by atoms with Gasteiger partial charge in [0, 0.05) is 13.0 Å². The van der Waals surface area contributed by atoms with Gasteiger partial charge in [-0.2, -0.15) is 4.98 Å². The maximum Gasteiger partial charge on any atom is 0.271 e. The molecule has 0 radical (unpaired) electrons. The summed E-state index contributed by atoms with van der Waals surface area (Å²) in [7, 11) is 0. The number of nitrogens with zero attached hydrogens (tertiary/aromatic N) is 2. The zero-order valence-electron chi connectivity index (χ0n) is 9.83. The van der Waals surface area contributed by atoms with Gasteiger partial charge in [-0.1, -0.05) is 5.16 Å². The highest BCUT2D eigenvalue weighted by Gasteiger charge is 2.19. The van der Waals surface area contributed by atoms with Gasteiger partial charge in [-0.05, 0) is 30.7 Å². The Hall–Kier alpha value is -1.40. The molecule has 2 aromatic heterocycles. The minimum atomic E-state index is 0.184. The molecule has 18 heavy (non-hydrogen) atoms. The smallest absolute Gasteiger partial charge is 0.271 e. The second-order valence-corrected chi connectivity index (χ2v) is 5.26. The summed E-state index contributed by atoms with van der Waals surface area (Å²) < 4.78 is 10.8. The average Bonchev–Trinajstić information content (AvgIpc) is 2.99. The molecule has 1 N–H and O–H groups in total. The summed E-state index contributed by atoms with van der Waals surface area (Å²) in [4.78, 5) is 4.92. The first-order valence-corrected chi connectivity index (χ1v) is 6.92. The van der Waals surface area contributed by atoms with E-state index in [2.05, 4.69) is 10.1 Å². The monoisotopic (exact) mass is 266 g/mol. The highest BCUT2D eigenvalue weighted by Crippen LogP contribution is 2.33. The van der Waals surface area contributed by atoms with Crippen LogP contribution in [0.2, 0.25) is 0 Å². The lowest BCUT2D eigenvalue weighted by atomic mass is 10.1. The Bertz CT molecular complexity index is 517. The van der Waals surface area contributed by atoms with Crippen molar-refractivity contribution in [3.63, 3.8) is 0 Å². The normalized spacial score (nSPS) is 20.1. The van der Waals surface area contributed by atoms with Crippen LogP contribution in [-0.4, -0.2) is 28.0 Å². The van der Waals surface area contributed by atoms with Crippen molar-refractivity contribution in [3.05, 3.63) is 17.3 Å². The summed E-state index contributed by atoms with van der Waals surface area (Å²) in [5, 5.41) is 15.3. The van der Waals surface area contributed by atoms with Crippen LogP contribution in [0.15, 0.2) is 16.0 Å². The molecule has 96 valence electrons. The van der Waals surface area contributed by atoms with Gasteiger partial charge in [-0.15, -0.1) is 11.3 Å². The van der Waals surface area contributed by atoms with Gasteiger partial charge in [0.25, 0.3) is 5.89 Å². The van der Waals surface area contributed by atoms with Crippen molar-refractivity contribution in [3.8, 4) is 16.5 Å². The molecule has 6 heteroatoms. The van der Waals surface area contributed by atoms with E-state index < -0.39 is 0 Å². The van der Waals surface area contributed by atoms with Gasteiger partial charge in [0.2, 0.25) is 0 Å². The van der Waals surface area contributed by atoms with Gasteiger partial charge in [0.15, 0.2) is 5.82 Å². The quantitative estimate of drug-likeness (QED) is 0.924. The van der Waals surface area contributed by atoms with E-state index in [1.807, 2.05) is 0 Å². The summed E-state index contributed by atoms with van der Waals surface area (Å²) in [5.74, 6) is 1.21. The van der Waals surface area contributed by atoms with E-state index in [4.69, 9.17) is 9.26 Å². The van der Waals surface area contributed by atoms with Gasteiger partial charge in [-0.25, -0.2) is 0 Å². The number of ether oxygens (including phenoxy) is 1. The third kappa shape index (κ3) is 2.39. The van der Waals surface area contributed by atoms with Crippen LogP contribution in [0, 0.1) is 0 Å². The van der Waals surface area contributed by atoms with E-state index in [1.54, 1.807) is 11.4 Å². The predicted octanol–water partition coefficient (Wildman–Crippen LogP) is 2.62. The van der Waals surface area contributed by atoms with E-state index in [-0.39, 0.29) is 11.9 Å². The van der Waals surface area contributed by atoms with Crippen LogP contribution in [-0.2, 0) is 11.2 Å². The Morgan fingerprint density at radius 3 is 3.11 bits per heavy atom. The van der Waals surface area contributed by atoms with Gasteiger partial charge in [0.05, 0.1) is 6.10 Å². The van der Waals surface area contributed by atoms with Crippen molar-refractivity contribution >= 4 is 11.3 Å². The summed E-state index contributed by atoms with van der Waals surface area (Å²) in [5.41, 5.74) is 0. The molecule has 5 nitrogen and oxygen atoms in total. The summed E-state index contributed by atoms with van der Waals surface area (Å²) in [6, 6.07) is 1.62. The molecule has 0 bridgehead atoms. The Labute approximate surface area is 108 Å². The van der Waals surface area contributed by atoms with E-state index >= 15 is 0 Å². The first-order chi connectivity index (χ1) is 8.83. The second-order valence-electron chi connectivity index (χ2n) is 4.34. The average molecular weight is 266 g/mol. The molecule has 3 heterocycles. The molecule has 0 aliphatic carbocycles. The highest BCUT2D eigenvalue weighted by atomic mass is 32.1. The van der Waals surface area contributed by atoms with Crippen LogP contribution in [0.1, 0.15) is 25.1 Å². The van der Waals surface area contributed by atoms with Crippen molar-refractivity contribution < 1.29 is 14.4 Å². The summed E-state index contributed by atoms with van der Waals surface area (Å²) >= 11 is 1.38. The lowest BCUT2D eigenvalue weighted by molar-refractivity contribution is 0.0153. The topological polar surface area (TPSA) is 68.4 Å². The van der Waals surface area contributed by atoms with Gasteiger partial charge in [0.1, 0.15) is 10.6 Å². The molecular formula is C12H14N2O3S. The number of aromatic nitrogens is 2. The number of rotatable bonds is 3. The van der Waals surface area contributed by atoms with E-state index in [0.29, 0.717) is 23.0 Å². The molecule has 1 saturated heterocycles. The van der Waals surface area contributed by atoms with Crippen LogP contribution in [0.25, 0.3) is 10.8 Å². The first-order valence-electron chi connectivity index (χ1n) is 6.04. The zero-order valence-corrected chi connectivity index (χ0v) is 10.7. The molecule has 1 fully saturated rings. The molecule has 0 aromatic carbocycles. The van der Waals surface area contributed by atoms with Crippen LogP contribution in [0.4, 0.5) is 0 Å². The van der Waals surface area contributed by atoms with Gasteiger partial charge in [-0.3, -0.25) is 0 Å². The second kappa shape index (κ2) is 5.07. The Balaban J connectivity index is 1.71. The maximum absolute atomic E-state index is 9.59. The highest BCUT2D eigenvalue weighted by molar-refractivity contribution is 7.13. The third-order valence-corrected chi connectivity index (χ3v) is 3.88. The SMILES string of the molecule is Oc1ccsc1-c1nc(CC2CCCCO2)no1. The van der Waals surface area contributed by atoms with Gasteiger partial charge >= 0.3 is 0 Å².